The molecular weight excluding hydrogens is 424 g/mol. The van der Waals surface area contributed by atoms with Crippen LogP contribution >= 0.6 is 0 Å². The Morgan fingerprint density at radius 1 is 0.909 bits per heavy atom. The number of benzene rings is 2. The number of non-ortho nitro benzene ring substituents is 1. The number of amides is 2. The third-order valence-corrected chi connectivity index (χ3v) is 5.07. The van der Waals surface area contributed by atoms with E-state index in [9.17, 15) is 19.7 Å². The van der Waals surface area contributed by atoms with Gasteiger partial charge in [0.2, 0.25) is 0 Å². The minimum absolute atomic E-state index is 0.122. The third-order valence-electron chi connectivity index (χ3n) is 5.07. The van der Waals surface area contributed by atoms with Crippen molar-refractivity contribution in [1.82, 2.24) is 15.0 Å². The monoisotopic (exact) mass is 440 g/mol. The van der Waals surface area contributed by atoms with Gasteiger partial charge in [-0.2, -0.15) is 0 Å². The first-order valence-corrected chi connectivity index (χ1v) is 9.91. The van der Waals surface area contributed by atoms with Crippen molar-refractivity contribution in [3.63, 3.8) is 0 Å². The van der Waals surface area contributed by atoms with E-state index >= 15 is 0 Å². The van der Waals surface area contributed by atoms with E-state index in [1.807, 2.05) is 30.3 Å². The van der Waals surface area contributed by atoms with E-state index in [1.165, 1.54) is 18.2 Å². The summed E-state index contributed by atoms with van der Waals surface area (Å²) in [6.45, 7) is 0. The number of rotatable bonds is 4. The Balaban J connectivity index is 1.40. The molecule has 0 spiro atoms. The van der Waals surface area contributed by atoms with E-state index < -0.39 is 11.0 Å². The molecule has 1 aromatic heterocycles. The van der Waals surface area contributed by atoms with E-state index in [0.29, 0.717) is 39.5 Å². The molecule has 2 aromatic carbocycles. The highest BCUT2D eigenvalue weighted by molar-refractivity contribution is 6.01. The fraction of sp³-hybridized carbons (Fsp3) is 0. The van der Waals surface area contributed by atoms with Gasteiger partial charge in [0.1, 0.15) is 5.82 Å². The molecule has 0 bridgehead atoms. The normalized spacial score (nSPS) is 10.9. The average Bonchev–Trinajstić information content (AvgIpc) is 3.24. The molecule has 0 saturated heterocycles. The van der Waals surface area contributed by atoms with E-state index in [-0.39, 0.29) is 11.2 Å². The summed E-state index contributed by atoms with van der Waals surface area (Å²) in [7, 11) is 0. The topological polar surface area (TPSA) is 146 Å². The van der Waals surface area contributed by atoms with Crippen molar-refractivity contribution in [2.45, 2.75) is 0 Å². The van der Waals surface area contributed by atoms with Crippen LogP contribution in [0.5, 0.6) is 0 Å². The van der Waals surface area contributed by atoms with Crippen LogP contribution in [0.1, 0.15) is 0 Å². The molecule has 33 heavy (non-hydrogen) atoms. The van der Waals surface area contributed by atoms with Gasteiger partial charge in [0, 0.05) is 34.8 Å². The van der Waals surface area contributed by atoms with Crippen molar-refractivity contribution >= 4 is 34.1 Å². The molecule has 1 aliphatic heterocycles. The average molecular weight is 440 g/mol. The van der Waals surface area contributed by atoms with Gasteiger partial charge >= 0.3 is 6.03 Å². The van der Waals surface area contributed by atoms with Gasteiger partial charge in [-0.15, -0.1) is 0 Å². The van der Waals surface area contributed by atoms with E-state index in [4.69, 9.17) is 0 Å². The zero-order valence-corrected chi connectivity index (χ0v) is 17.0. The number of hydrogen-bond acceptors (Lipinski definition) is 5. The van der Waals surface area contributed by atoms with Gasteiger partial charge in [0.25, 0.3) is 11.2 Å². The number of urea groups is 1. The fourth-order valence-corrected chi connectivity index (χ4v) is 3.61. The number of nitrogens with one attached hydrogen (secondary N) is 4. The number of nitrogens with zero attached hydrogens (tertiary/aromatic N) is 2. The Labute approximate surface area is 185 Å². The summed E-state index contributed by atoms with van der Waals surface area (Å²) in [6.07, 6.45) is 0. The first-order valence-electron chi connectivity index (χ1n) is 9.91. The summed E-state index contributed by atoms with van der Waals surface area (Å²) < 4.78 is 0. The number of carbonyl (C=O) groups is 1. The predicted molar refractivity (Wildman–Crippen MR) is 125 cm³/mol. The zero-order chi connectivity index (χ0) is 22.9. The summed E-state index contributed by atoms with van der Waals surface area (Å²) in [6, 6.07) is 19.4. The second-order valence-electron chi connectivity index (χ2n) is 7.27. The van der Waals surface area contributed by atoms with E-state index in [0.717, 1.165) is 5.56 Å². The summed E-state index contributed by atoms with van der Waals surface area (Å²) in [4.78, 5) is 45.8. The van der Waals surface area contributed by atoms with Gasteiger partial charge in [-0.25, -0.2) is 9.78 Å². The van der Waals surface area contributed by atoms with Crippen LogP contribution in [-0.2, 0) is 0 Å². The maximum Gasteiger partial charge on any atom is 0.323 e. The number of carbonyl (C=O) groups excluding carboxylic acids is 1. The van der Waals surface area contributed by atoms with Gasteiger partial charge in [0.05, 0.1) is 21.5 Å². The fourth-order valence-electron chi connectivity index (χ4n) is 3.61. The second kappa shape index (κ2) is 7.93. The molecule has 0 radical (unpaired) electrons. The lowest BCUT2D eigenvalue weighted by Gasteiger charge is -2.07. The number of fused-ring (bicyclic) bond motifs is 2. The number of nitro groups is 1. The van der Waals surface area contributed by atoms with Gasteiger partial charge in [0.15, 0.2) is 0 Å². The molecule has 4 N–H and O–H groups in total. The van der Waals surface area contributed by atoms with Crippen molar-refractivity contribution in [3.8, 4) is 22.6 Å². The lowest BCUT2D eigenvalue weighted by Crippen LogP contribution is -2.19. The van der Waals surface area contributed by atoms with Crippen molar-refractivity contribution in [1.29, 1.82) is 0 Å². The van der Waals surface area contributed by atoms with Crippen molar-refractivity contribution in [3.05, 3.63) is 93.3 Å². The number of hydrogen-bond donors (Lipinski definition) is 4. The summed E-state index contributed by atoms with van der Waals surface area (Å²) in [5, 5.41) is 16.1. The molecule has 10 nitrogen and oxygen atoms in total. The molecule has 0 atom stereocenters. The predicted octanol–water partition coefficient (Wildman–Crippen LogP) is 4.58. The number of aromatic amines is 2. The summed E-state index contributed by atoms with van der Waals surface area (Å²) in [5.41, 5.74) is 3.56. The van der Waals surface area contributed by atoms with Gasteiger partial charge in [-0.3, -0.25) is 14.9 Å². The Hall–Kier alpha value is -4.99. The molecule has 10 heteroatoms. The van der Waals surface area contributed by atoms with Crippen molar-refractivity contribution in [2.75, 3.05) is 10.6 Å². The molecule has 0 unspecified atom stereocenters. The first kappa shape index (κ1) is 19.9. The molecule has 1 aliphatic carbocycles. The smallest absolute Gasteiger partial charge is 0.323 e. The second-order valence-corrected chi connectivity index (χ2v) is 7.27. The minimum atomic E-state index is -0.555. The Morgan fingerprint density at radius 2 is 1.70 bits per heavy atom. The number of aromatic nitrogens is 3. The molecule has 0 saturated carbocycles. The molecular formula is C23H16N6O4. The van der Waals surface area contributed by atoms with Crippen LogP contribution in [0, 0.1) is 10.1 Å². The number of nitro benzene ring substituents is 1. The molecule has 0 fully saturated rings. The SMILES string of the molecule is O=C(Nc1cccc([N+](=O)[O-])c1)Nc1ccc2nc(-c3c4cccccc-4[nH]c3=O)[nH]c2c1. The Morgan fingerprint density at radius 3 is 2.52 bits per heavy atom. The van der Waals surface area contributed by atoms with Crippen LogP contribution in [0.15, 0.2) is 77.6 Å². The minimum Gasteiger partial charge on any atom is -0.338 e. The highest BCUT2D eigenvalue weighted by Gasteiger charge is 2.19. The third kappa shape index (κ3) is 3.88. The van der Waals surface area contributed by atoms with Crippen LogP contribution in [0.3, 0.4) is 0 Å². The van der Waals surface area contributed by atoms with Crippen molar-refractivity contribution in [2.24, 2.45) is 0 Å². The molecule has 5 rings (SSSR count). The number of anilines is 2. The largest absolute Gasteiger partial charge is 0.338 e. The summed E-state index contributed by atoms with van der Waals surface area (Å²) >= 11 is 0. The van der Waals surface area contributed by atoms with E-state index in [1.54, 1.807) is 24.3 Å². The van der Waals surface area contributed by atoms with Gasteiger partial charge in [-0.1, -0.05) is 30.3 Å². The highest BCUT2D eigenvalue weighted by Crippen LogP contribution is 2.29. The van der Waals surface area contributed by atoms with E-state index in [2.05, 4.69) is 25.6 Å². The Bertz CT molecular complexity index is 1550. The maximum absolute atomic E-state index is 12.5. The first-order chi connectivity index (χ1) is 16.0. The quantitative estimate of drug-likeness (QED) is 0.239. The number of imidazole rings is 1. The highest BCUT2D eigenvalue weighted by atomic mass is 16.6. The Kier molecular flexibility index (Phi) is 4.79. The van der Waals surface area contributed by atoms with Crippen LogP contribution in [0.2, 0.25) is 0 Å². The molecule has 2 aliphatic rings. The zero-order valence-electron chi connectivity index (χ0n) is 17.0. The molecule has 2 amide bonds. The lowest BCUT2D eigenvalue weighted by atomic mass is 10.1. The van der Waals surface area contributed by atoms with Crippen LogP contribution in [0.25, 0.3) is 33.7 Å². The summed E-state index contributed by atoms with van der Waals surface area (Å²) in [5.74, 6) is 0.422. The lowest BCUT2D eigenvalue weighted by molar-refractivity contribution is -0.384. The van der Waals surface area contributed by atoms with Crippen LogP contribution in [-0.4, -0.2) is 25.9 Å². The standard InChI is InChI=1S/C23H16N6O4/c30-22-20(16-7-2-1-3-8-17(16)28-22)21-26-18-10-9-14(12-19(18)27-21)25-23(31)24-13-5-4-6-15(11-13)29(32)33/h1-12H,(H,26,27)(H,28,30)(H2,24,25,31). The maximum atomic E-state index is 12.5. The molecule has 162 valence electrons. The van der Waals surface area contributed by atoms with Crippen LogP contribution in [0.4, 0.5) is 21.9 Å². The van der Waals surface area contributed by atoms with Gasteiger partial charge < -0.3 is 20.6 Å². The molecule has 3 aromatic rings. The van der Waals surface area contributed by atoms with Crippen LogP contribution < -0.4 is 16.2 Å². The van der Waals surface area contributed by atoms with Gasteiger partial charge in [-0.05, 0) is 30.3 Å². The molecule has 2 heterocycles. The van der Waals surface area contributed by atoms with Crippen molar-refractivity contribution < 1.29 is 9.72 Å². The number of H-pyrrole nitrogens is 2.